The number of halogens is 2. The number of nitrogens with zero attached hydrogens (tertiary/aromatic N) is 2. The Labute approximate surface area is 152 Å². The van der Waals surface area contributed by atoms with Crippen LogP contribution in [-0.2, 0) is 9.53 Å². The molecule has 5 nitrogen and oxygen atoms in total. The molecule has 0 aliphatic carbocycles. The Bertz CT molecular complexity index is 643. The summed E-state index contributed by atoms with van der Waals surface area (Å²) in [4.78, 5) is 28.1. The second-order valence-electron chi connectivity index (χ2n) is 6.89. The molecular weight excluding hydrogens is 351 g/mol. The lowest BCUT2D eigenvalue weighted by Gasteiger charge is -2.29. The van der Waals surface area contributed by atoms with Crippen LogP contribution in [-0.4, -0.2) is 41.6 Å². The Morgan fingerprint density at radius 2 is 1.92 bits per heavy atom. The van der Waals surface area contributed by atoms with E-state index in [1.54, 1.807) is 43.9 Å². The minimum atomic E-state index is -0.602. The summed E-state index contributed by atoms with van der Waals surface area (Å²) in [5.74, 6) is -0.177. The SMILES string of the molecule is CC1CCN(c2ccc(Cl)c(Cl)c2)C(=O)CN1C(=O)OC(C)(C)C. The molecule has 1 saturated heterocycles. The molecule has 24 heavy (non-hydrogen) atoms. The fraction of sp³-hybridized carbons (Fsp3) is 0.529. The van der Waals surface area contributed by atoms with E-state index >= 15 is 0 Å². The summed E-state index contributed by atoms with van der Waals surface area (Å²) in [7, 11) is 0. The number of rotatable bonds is 1. The molecule has 1 aliphatic rings. The molecule has 1 aromatic carbocycles. The molecule has 0 aromatic heterocycles. The Kier molecular flexibility index (Phi) is 5.66. The largest absolute Gasteiger partial charge is 0.444 e. The fourth-order valence-electron chi connectivity index (χ4n) is 2.47. The summed E-state index contributed by atoms with van der Waals surface area (Å²) in [5, 5.41) is 0.828. The van der Waals surface area contributed by atoms with Crippen molar-refractivity contribution in [1.29, 1.82) is 0 Å². The van der Waals surface area contributed by atoms with Gasteiger partial charge in [0.15, 0.2) is 0 Å². The molecule has 1 unspecified atom stereocenters. The zero-order chi connectivity index (χ0) is 18.1. The monoisotopic (exact) mass is 372 g/mol. The van der Waals surface area contributed by atoms with Crippen LogP contribution in [0.15, 0.2) is 18.2 Å². The van der Waals surface area contributed by atoms with Crippen molar-refractivity contribution in [3.63, 3.8) is 0 Å². The van der Waals surface area contributed by atoms with E-state index in [1.165, 1.54) is 4.90 Å². The van der Waals surface area contributed by atoms with Gasteiger partial charge in [-0.25, -0.2) is 4.79 Å². The van der Waals surface area contributed by atoms with Crippen LogP contribution in [0.2, 0.25) is 10.0 Å². The van der Waals surface area contributed by atoms with Crippen LogP contribution in [0.25, 0.3) is 0 Å². The van der Waals surface area contributed by atoms with E-state index in [1.807, 2.05) is 6.92 Å². The van der Waals surface area contributed by atoms with E-state index in [-0.39, 0.29) is 18.5 Å². The Hall–Kier alpha value is -1.46. The second kappa shape index (κ2) is 7.19. The quantitative estimate of drug-likeness (QED) is 0.735. The highest BCUT2D eigenvalue weighted by atomic mass is 35.5. The number of benzene rings is 1. The molecule has 2 rings (SSSR count). The number of anilines is 1. The first-order valence-electron chi connectivity index (χ1n) is 7.83. The van der Waals surface area contributed by atoms with Crippen LogP contribution in [0, 0.1) is 0 Å². The Morgan fingerprint density at radius 3 is 2.50 bits per heavy atom. The molecule has 0 spiro atoms. The highest BCUT2D eigenvalue weighted by molar-refractivity contribution is 6.42. The van der Waals surface area contributed by atoms with E-state index in [0.29, 0.717) is 28.7 Å². The van der Waals surface area contributed by atoms with Gasteiger partial charge < -0.3 is 9.64 Å². The van der Waals surface area contributed by atoms with Crippen molar-refractivity contribution in [2.45, 2.75) is 45.8 Å². The molecule has 0 radical (unpaired) electrons. The molecule has 0 N–H and O–H groups in total. The number of carbonyl (C=O) groups is 2. The van der Waals surface area contributed by atoms with Gasteiger partial charge in [-0.05, 0) is 52.3 Å². The van der Waals surface area contributed by atoms with Crippen molar-refractivity contribution in [2.75, 3.05) is 18.0 Å². The molecule has 132 valence electrons. The molecule has 0 saturated carbocycles. The topological polar surface area (TPSA) is 49.9 Å². The van der Waals surface area contributed by atoms with Crippen LogP contribution in [0.1, 0.15) is 34.1 Å². The standard InChI is InChI=1S/C17H22Cl2N2O3/c1-11-7-8-20(12-5-6-13(18)14(19)9-12)15(22)10-21(11)16(23)24-17(2,3)4/h5-6,9,11H,7-8,10H2,1-4H3. The predicted molar refractivity (Wildman–Crippen MR) is 95.8 cm³/mol. The normalized spacial score (nSPS) is 19.2. The summed E-state index contributed by atoms with van der Waals surface area (Å²) < 4.78 is 5.40. The van der Waals surface area contributed by atoms with Crippen LogP contribution in [0.5, 0.6) is 0 Å². The van der Waals surface area contributed by atoms with Crippen molar-refractivity contribution < 1.29 is 14.3 Å². The van der Waals surface area contributed by atoms with Crippen LogP contribution in [0.3, 0.4) is 0 Å². The number of amides is 2. The molecule has 1 fully saturated rings. The molecule has 1 aliphatic heterocycles. The Balaban J connectivity index is 2.19. The van der Waals surface area contributed by atoms with Crippen molar-refractivity contribution in [1.82, 2.24) is 4.90 Å². The lowest BCUT2D eigenvalue weighted by molar-refractivity contribution is -0.119. The van der Waals surface area contributed by atoms with Gasteiger partial charge in [-0.1, -0.05) is 23.2 Å². The third kappa shape index (κ3) is 4.54. The summed E-state index contributed by atoms with van der Waals surface area (Å²) >= 11 is 12.0. The fourth-order valence-corrected chi connectivity index (χ4v) is 2.77. The van der Waals surface area contributed by atoms with Gasteiger partial charge in [0, 0.05) is 18.3 Å². The van der Waals surface area contributed by atoms with Gasteiger partial charge in [0.25, 0.3) is 0 Å². The van der Waals surface area contributed by atoms with Crippen molar-refractivity contribution in [2.24, 2.45) is 0 Å². The first-order valence-corrected chi connectivity index (χ1v) is 8.59. The van der Waals surface area contributed by atoms with Crippen molar-refractivity contribution in [3.8, 4) is 0 Å². The third-order valence-electron chi connectivity index (χ3n) is 3.75. The molecule has 2 amide bonds. The molecule has 1 aromatic rings. The predicted octanol–water partition coefficient (Wildman–Crippen LogP) is 4.36. The molecule has 1 heterocycles. The summed E-state index contributed by atoms with van der Waals surface area (Å²) in [6.45, 7) is 7.79. The lowest BCUT2D eigenvalue weighted by atomic mass is 10.2. The van der Waals surface area contributed by atoms with Gasteiger partial charge in [-0.15, -0.1) is 0 Å². The van der Waals surface area contributed by atoms with Crippen LogP contribution >= 0.6 is 23.2 Å². The van der Waals surface area contributed by atoms with Gasteiger partial charge in [0.2, 0.25) is 5.91 Å². The number of carbonyl (C=O) groups excluding carboxylic acids is 2. The zero-order valence-corrected chi connectivity index (χ0v) is 15.8. The number of hydrogen-bond donors (Lipinski definition) is 0. The average molecular weight is 373 g/mol. The Morgan fingerprint density at radius 1 is 1.25 bits per heavy atom. The highest BCUT2D eigenvalue weighted by Crippen LogP contribution is 2.29. The number of hydrogen-bond acceptors (Lipinski definition) is 3. The van der Waals surface area contributed by atoms with Gasteiger partial charge >= 0.3 is 6.09 Å². The van der Waals surface area contributed by atoms with E-state index in [2.05, 4.69) is 0 Å². The lowest BCUT2D eigenvalue weighted by Crippen LogP contribution is -2.44. The van der Waals surface area contributed by atoms with E-state index in [0.717, 1.165) is 0 Å². The van der Waals surface area contributed by atoms with Gasteiger partial charge in [0.05, 0.1) is 10.0 Å². The first kappa shape index (κ1) is 18.9. The first-order chi connectivity index (χ1) is 11.1. The van der Waals surface area contributed by atoms with Crippen molar-refractivity contribution >= 4 is 40.9 Å². The van der Waals surface area contributed by atoms with E-state index < -0.39 is 11.7 Å². The molecule has 1 atom stereocenters. The molecular formula is C17H22Cl2N2O3. The maximum absolute atomic E-state index is 12.6. The molecule has 7 heteroatoms. The highest BCUT2D eigenvalue weighted by Gasteiger charge is 2.33. The summed E-state index contributed by atoms with van der Waals surface area (Å²) in [6, 6.07) is 4.97. The maximum atomic E-state index is 12.6. The van der Waals surface area contributed by atoms with E-state index in [4.69, 9.17) is 27.9 Å². The minimum Gasteiger partial charge on any atom is -0.444 e. The zero-order valence-electron chi connectivity index (χ0n) is 14.3. The average Bonchev–Trinajstić information content (AvgIpc) is 2.60. The second-order valence-corrected chi connectivity index (χ2v) is 7.70. The van der Waals surface area contributed by atoms with Gasteiger partial charge in [-0.3, -0.25) is 9.69 Å². The smallest absolute Gasteiger partial charge is 0.410 e. The third-order valence-corrected chi connectivity index (χ3v) is 4.49. The number of ether oxygens (including phenoxy) is 1. The minimum absolute atomic E-state index is 0.0314. The van der Waals surface area contributed by atoms with Crippen LogP contribution in [0.4, 0.5) is 10.5 Å². The maximum Gasteiger partial charge on any atom is 0.410 e. The summed E-state index contributed by atoms with van der Waals surface area (Å²) in [5.41, 5.74) is 0.0721. The van der Waals surface area contributed by atoms with E-state index in [9.17, 15) is 9.59 Å². The summed E-state index contributed by atoms with van der Waals surface area (Å²) in [6.07, 6.45) is 0.171. The molecule has 0 bridgehead atoms. The van der Waals surface area contributed by atoms with Gasteiger partial charge in [-0.2, -0.15) is 0 Å². The van der Waals surface area contributed by atoms with Crippen LogP contribution < -0.4 is 4.90 Å². The van der Waals surface area contributed by atoms with Gasteiger partial charge in [0.1, 0.15) is 12.1 Å². The van der Waals surface area contributed by atoms with Crippen molar-refractivity contribution in [3.05, 3.63) is 28.2 Å².